The van der Waals surface area contributed by atoms with Crippen molar-refractivity contribution < 1.29 is 19.4 Å². The minimum absolute atomic E-state index is 0.0219. The molecule has 3 atom stereocenters. The maximum Gasteiger partial charge on any atom is 0.271 e. The Labute approximate surface area is 346 Å². The number of rotatable bonds is 23. The first kappa shape index (κ1) is 43.1. The number of hydrogen-bond acceptors (Lipinski definition) is 7. The lowest BCUT2D eigenvalue weighted by atomic mass is 9.98. The minimum Gasteiger partial charge on any atom is -0.392 e. The molecule has 3 unspecified atom stereocenters. The van der Waals surface area contributed by atoms with Gasteiger partial charge >= 0.3 is 0 Å². The zero-order valence-corrected chi connectivity index (χ0v) is 34.8. The zero-order valence-electron chi connectivity index (χ0n) is 34.8. The fourth-order valence-electron chi connectivity index (χ4n) is 7.88. The Morgan fingerprint density at radius 3 is 2.05 bits per heavy atom. The third-order valence-corrected chi connectivity index (χ3v) is 11.3. The van der Waals surface area contributed by atoms with Crippen LogP contribution < -0.4 is 5.32 Å². The fraction of sp³-hybridized carbons (Fsp3) is 0.460. The monoisotopic (exact) mass is 784 g/mol. The van der Waals surface area contributed by atoms with Gasteiger partial charge in [0.15, 0.2) is 6.29 Å². The van der Waals surface area contributed by atoms with E-state index in [9.17, 15) is 9.90 Å². The lowest BCUT2D eigenvalue weighted by Gasteiger charge is -2.38. The quantitative estimate of drug-likeness (QED) is 0.0637. The number of aromatic nitrogens is 2. The molecule has 1 aromatic heterocycles. The molecule has 1 saturated heterocycles. The number of amides is 1. The maximum atomic E-state index is 13.0. The summed E-state index contributed by atoms with van der Waals surface area (Å²) in [5.41, 5.74) is 7.89. The van der Waals surface area contributed by atoms with Gasteiger partial charge in [0.2, 0.25) is 0 Å². The second-order valence-electron chi connectivity index (χ2n) is 15.9. The van der Waals surface area contributed by atoms with E-state index in [1.54, 1.807) is 0 Å². The van der Waals surface area contributed by atoms with E-state index >= 15 is 0 Å². The number of ether oxygens (including phenoxy) is 2. The normalized spacial score (nSPS) is 16.9. The Hall–Kier alpha value is -4.47. The van der Waals surface area contributed by atoms with Crippen LogP contribution >= 0.6 is 0 Å². The van der Waals surface area contributed by atoms with Gasteiger partial charge in [0.25, 0.3) is 5.91 Å². The lowest BCUT2D eigenvalue weighted by molar-refractivity contribution is -0.253. The summed E-state index contributed by atoms with van der Waals surface area (Å²) in [6, 6.07) is 32.4. The second-order valence-corrected chi connectivity index (χ2v) is 15.9. The summed E-state index contributed by atoms with van der Waals surface area (Å²) in [6.07, 6.45) is 17.3. The lowest BCUT2D eigenvalue weighted by Crippen LogP contribution is -2.40. The predicted octanol–water partition coefficient (Wildman–Crippen LogP) is 11.3. The highest BCUT2D eigenvalue weighted by molar-refractivity contribution is 5.93. The number of nitrogens with zero attached hydrogens (tertiary/aromatic N) is 3. The maximum absolute atomic E-state index is 13.0. The van der Waals surface area contributed by atoms with Crippen molar-refractivity contribution in [2.45, 2.75) is 129 Å². The van der Waals surface area contributed by atoms with Crippen LogP contribution in [0.4, 0.5) is 0 Å². The largest absolute Gasteiger partial charge is 0.392 e. The molecule has 1 aliphatic rings. The molecule has 1 fully saturated rings. The van der Waals surface area contributed by atoms with E-state index in [0.717, 1.165) is 65.0 Å². The molecule has 5 aromatic rings. The first-order chi connectivity index (χ1) is 28.5. The Morgan fingerprint density at radius 1 is 0.707 bits per heavy atom. The molecule has 0 radical (unpaired) electrons. The summed E-state index contributed by atoms with van der Waals surface area (Å²) in [5, 5.41) is 12.7. The Morgan fingerprint density at radius 2 is 1.36 bits per heavy atom. The van der Waals surface area contributed by atoms with Crippen molar-refractivity contribution >= 4 is 16.9 Å². The Balaban J connectivity index is 1.12. The van der Waals surface area contributed by atoms with Gasteiger partial charge in [0.1, 0.15) is 5.69 Å². The highest BCUT2D eigenvalue weighted by Crippen LogP contribution is 2.39. The summed E-state index contributed by atoms with van der Waals surface area (Å²) in [6.45, 7) is 8.07. The van der Waals surface area contributed by atoms with E-state index in [2.05, 4.69) is 82.6 Å². The zero-order chi connectivity index (χ0) is 40.4. The topological polar surface area (TPSA) is 96.8 Å². The molecule has 0 spiro atoms. The van der Waals surface area contributed by atoms with Crippen molar-refractivity contribution in [2.75, 3.05) is 19.6 Å². The summed E-state index contributed by atoms with van der Waals surface area (Å²) in [5.74, 6) is -0.255. The van der Waals surface area contributed by atoms with Crippen LogP contribution in [0.2, 0.25) is 0 Å². The molecule has 2 N–H and O–H groups in total. The Kier molecular flexibility index (Phi) is 17.3. The van der Waals surface area contributed by atoms with E-state index < -0.39 is 6.29 Å². The Bertz CT molecular complexity index is 1950. The molecule has 1 aliphatic heterocycles. The summed E-state index contributed by atoms with van der Waals surface area (Å²) >= 11 is 0. The van der Waals surface area contributed by atoms with E-state index in [4.69, 9.17) is 9.47 Å². The highest BCUT2D eigenvalue weighted by atomic mass is 16.7. The number of carbonyl (C=O) groups is 1. The van der Waals surface area contributed by atoms with Crippen molar-refractivity contribution in [2.24, 2.45) is 0 Å². The van der Waals surface area contributed by atoms with Crippen molar-refractivity contribution in [3.63, 3.8) is 0 Å². The van der Waals surface area contributed by atoms with Crippen molar-refractivity contribution in [3.05, 3.63) is 131 Å². The molecular weight excluding hydrogens is 721 g/mol. The number of unbranched alkanes of at least 4 members (excludes halogenated alkanes) is 10. The minimum atomic E-state index is -0.500. The molecule has 4 aromatic carbocycles. The number of aliphatic hydroxyl groups is 1. The number of hydrogen-bond donors (Lipinski definition) is 2. The number of nitrogens with one attached hydrogen (secondary N) is 1. The van der Waals surface area contributed by atoms with Crippen molar-refractivity contribution in [1.82, 2.24) is 20.2 Å². The van der Waals surface area contributed by atoms with Crippen LogP contribution in [0.15, 0.2) is 103 Å². The molecule has 58 heavy (non-hydrogen) atoms. The van der Waals surface area contributed by atoms with Gasteiger partial charge in [-0.15, -0.1) is 0 Å². The van der Waals surface area contributed by atoms with E-state index in [-0.39, 0.29) is 24.7 Å². The van der Waals surface area contributed by atoms with Gasteiger partial charge in [0, 0.05) is 25.1 Å². The molecule has 2 heterocycles. The summed E-state index contributed by atoms with van der Waals surface area (Å²) < 4.78 is 13.6. The number of aliphatic hydroxyl groups excluding tert-OH is 1. The van der Waals surface area contributed by atoms with Crippen LogP contribution in [-0.2, 0) is 22.6 Å². The van der Waals surface area contributed by atoms with Gasteiger partial charge in [-0.2, -0.15) is 0 Å². The highest BCUT2D eigenvalue weighted by Gasteiger charge is 2.33. The molecule has 8 heteroatoms. The van der Waals surface area contributed by atoms with Gasteiger partial charge in [-0.1, -0.05) is 157 Å². The molecule has 1 amide bonds. The van der Waals surface area contributed by atoms with Crippen LogP contribution in [0.25, 0.3) is 22.2 Å². The number of para-hydroxylation sites is 2. The molecule has 308 valence electrons. The van der Waals surface area contributed by atoms with Crippen molar-refractivity contribution in [1.29, 1.82) is 0 Å². The fourth-order valence-corrected chi connectivity index (χ4v) is 7.88. The van der Waals surface area contributed by atoms with Crippen LogP contribution in [0.5, 0.6) is 0 Å². The third kappa shape index (κ3) is 13.0. The summed E-state index contributed by atoms with van der Waals surface area (Å²) in [7, 11) is 0. The molecule has 8 nitrogen and oxygen atoms in total. The van der Waals surface area contributed by atoms with Gasteiger partial charge in [-0.25, -0.2) is 4.98 Å². The molecular formula is C50H64N4O4. The first-order valence-electron chi connectivity index (χ1n) is 21.9. The SMILES string of the molecule is CCCCCCCCN(CCCCCCCC)CC1CC(c2ccc(CO)cc2)OC(c2ccc(-c3cccc(CNC(=O)c4cnc5ccccc5n4)c3)cc2)O1. The van der Waals surface area contributed by atoms with Crippen LogP contribution in [0.1, 0.15) is 142 Å². The van der Waals surface area contributed by atoms with Crippen molar-refractivity contribution in [3.8, 4) is 11.1 Å². The molecule has 0 saturated carbocycles. The van der Waals surface area contributed by atoms with Gasteiger partial charge in [-0.3, -0.25) is 9.78 Å². The second kappa shape index (κ2) is 23.2. The average Bonchev–Trinajstić information content (AvgIpc) is 3.27. The van der Waals surface area contributed by atoms with Crippen LogP contribution in [0, 0.1) is 0 Å². The number of fused-ring (bicyclic) bond motifs is 1. The van der Waals surface area contributed by atoms with Gasteiger partial charge in [0.05, 0.1) is 36.0 Å². The summed E-state index contributed by atoms with van der Waals surface area (Å²) in [4.78, 5) is 24.5. The number of benzene rings is 4. The molecule has 0 bridgehead atoms. The van der Waals surface area contributed by atoms with E-state index in [0.29, 0.717) is 17.8 Å². The molecule has 0 aliphatic carbocycles. The van der Waals surface area contributed by atoms with Gasteiger partial charge < -0.3 is 24.8 Å². The smallest absolute Gasteiger partial charge is 0.271 e. The van der Waals surface area contributed by atoms with Crippen LogP contribution in [0.3, 0.4) is 0 Å². The van der Waals surface area contributed by atoms with Gasteiger partial charge in [-0.05, 0) is 71.9 Å². The molecule has 6 rings (SSSR count). The van der Waals surface area contributed by atoms with Crippen LogP contribution in [-0.4, -0.2) is 51.6 Å². The average molecular weight is 785 g/mol. The first-order valence-corrected chi connectivity index (χ1v) is 21.9. The standard InChI is InChI=1S/C50H64N4O4/c1-3-5-7-9-11-15-30-54(31-16-12-10-8-6-4-2)36-44-33-48(41-24-22-38(37-55)23-25-41)58-50(57-44)42-28-26-40(27-29-42)43-19-17-18-39(32-43)34-52-49(56)47-35-51-45-20-13-14-21-46(45)53-47/h13-14,17-29,32,35,44,48,50,55H,3-12,15-16,30-31,33-34,36-37H2,1-2H3,(H,52,56). The van der Waals surface area contributed by atoms with E-state index in [1.807, 2.05) is 48.5 Å². The number of carbonyl (C=O) groups excluding carboxylic acids is 1. The van der Waals surface area contributed by atoms with E-state index in [1.165, 1.54) is 83.2 Å². The third-order valence-electron chi connectivity index (χ3n) is 11.3. The predicted molar refractivity (Wildman–Crippen MR) is 234 cm³/mol.